The van der Waals surface area contributed by atoms with E-state index in [2.05, 4.69) is 10.6 Å². The minimum Gasteiger partial charge on any atom is -0.480 e. The van der Waals surface area contributed by atoms with Crippen molar-refractivity contribution in [2.24, 2.45) is 5.92 Å². The molecule has 20 heavy (non-hydrogen) atoms. The molecule has 7 nitrogen and oxygen atoms in total. The summed E-state index contributed by atoms with van der Waals surface area (Å²) in [6.45, 7) is 4.12. The standard InChI is InChI=1S/C13H23N3O4/c1-4-8(2)10(12(18)19)15-13(20)16-7-5-6-9(16)11(17)14-3/h8-10H,4-7H2,1-3H3,(H,14,17)(H,15,20)(H,18,19)/t8-,9?,10-/m0/s1. The fraction of sp³-hybridized carbons (Fsp3) is 0.769. The van der Waals surface area contributed by atoms with E-state index in [1.807, 2.05) is 6.92 Å². The first-order chi connectivity index (χ1) is 9.42. The van der Waals surface area contributed by atoms with Crippen LogP contribution in [0.15, 0.2) is 0 Å². The molecule has 1 saturated heterocycles. The molecule has 1 rings (SSSR count). The third-order valence-electron chi connectivity index (χ3n) is 3.82. The van der Waals surface area contributed by atoms with Gasteiger partial charge in [-0.05, 0) is 18.8 Å². The van der Waals surface area contributed by atoms with Crippen molar-refractivity contribution in [3.05, 3.63) is 0 Å². The lowest BCUT2D eigenvalue weighted by Crippen LogP contribution is -2.54. The number of hydrogen-bond donors (Lipinski definition) is 3. The number of nitrogens with one attached hydrogen (secondary N) is 2. The molecule has 0 aromatic carbocycles. The van der Waals surface area contributed by atoms with Crippen LogP contribution in [0, 0.1) is 5.92 Å². The van der Waals surface area contributed by atoms with Gasteiger partial charge in [-0.25, -0.2) is 9.59 Å². The maximum atomic E-state index is 12.2. The molecule has 1 aliphatic rings. The number of hydrogen-bond acceptors (Lipinski definition) is 3. The van der Waals surface area contributed by atoms with Crippen molar-refractivity contribution >= 4 is 17.9 Å². The molecule has 1 fully saturated rings. The van der Waals surface area contributed by atoms with Gasteiger partial charge in [-0.2, -0.15) is 0 Å². The number of nitrogens with zero attached hydrogens (tertiary/aromatic N) is 1. The summed E-state index contributed by atoms with van der Waals surface area (Å²) in [4.78, 5) is 36.5. The molecule has 114 valence electrons. The van der Waals surface area contributed by atoms with Gasteiger partial charge in [-0.15, -0.1) is 0 Å². The molecule has 1 heterocycles. The van der Waals surface area contributed by atoms with Gasteiger partial charge in [0, 0.05) is 13.6 Å². The molecule has 3 atom stereocenters. The maximum absolute atomic E-state index is 12.2. The molecule has 0 saturated carbocycles. The van der Waals surface area contributed by atoms with E-state index in [0.717, 1.165) is 6.42 Å². The second kappa shape index (κ2) is 7.12. The van der Waals surface area contributed by atoms with Crippen LogP contribution in [0.3, 0.4) is 0 Å². The van der Waals surface area contributed by atoms with Crippen molar-refractivity contribution in [2.45, 2.75) is 45.2 Å². The number of carbonyl (C=O) groups is 3. The highest BCUT2D eigenvalue weighted by atomic mass is 16.4. The Balaban J connectivity index is 2.73. The number of carboxylic acid groups (broad SMARTS) is 1. The van der Waals surface area contributed by atoms with Crippen molar-refractivity contribution in [3.8, 4) is 0 Å². The molecule has 1 aliphatic heterocycles. The zero-order valence-electron chi connectivity index (χ0n) is 12.2. The second-order valence-corrected chi connectivity index (χ2v) is 5.12. The minimum absolute atomic E-state index is 0.169. The molecule has 7 heteroatoms. The van der Waals surface area contributed by atoms with Crippen LogP contribution in [0.1, 0.15) is 33.1 Å². The van der Waals surface area contributed by atoms with Gasteiger partial charge in [-0.3, -0.25) is 4.79 Å². The molecular weight excluding hydrogens is 262 g/mol. The normalized spacial score (nSPS) is 21.1. The number of likely N-dealkylation sites (N-methyl/N-ethyl adjacent to an activating group) is 1. The van der Waals surface area contributed by atoms with Crippen LogP contribution in [0.5, 0.6) is 0 Å². The highest BCUT2D eigenvalue weighted by Gasteiger charge is 2.36. The molecule has 0 spiro atoms. The first-order valence-electron chi connectivity index (χ1n) is 6.93. The molecule has 0 bridgehead atoms. The molecular formula is C13H23N3O4. The fourth-order valence-electron chi connectivity index (χ4n) is 2.35. The molecule has 3 amide bonds. The number of aliphatic carboxylic acids is 1. The van der Waals surface area contributed by atoms with E-state index < -0.39 is 24.1 Å². The van der Waals surface area contributed by atoms with Crippen LogP contribution in [0.4, 0.5) is 4.79 Å². The molecule has 0 aromatic rings. The molecule has 3 N–H and O–H groups in total. The van der Waals surface area contributed by atoms with Crippen LogP contribution < -0.4 is 10.6 Å². The summed E-state index contributed by atoms with van der Waals surface area (Å²) >= 11 is 0. The zero-order valence-corrected chi connectivity index (χ0v) is 12.2. The van der Waals surface area contributed by atoms with E-state index in [1.54, 1.807) is 6.92 Å². The van der Waals surface area contributed by atoms with Crippen molar-refractivity contribution in [1.29, 1.82) is 0 Å². The van der Waals surface area contributed by atoms with Crippen molar-refractivity contribution in [1.82, 2.24) is 15.5 Å². The summed E-state index contributed by atoms with van der Waals surface area (Å²) in [6.07, 6.45) is 2.00. The molecule has 0 radical (unpaired) electrons. The fourth-order valence-corrected chi connectivity index (χ4v) is 2.35. The predicted molar refractivity (Wildman–Crippen MR) is 73.2 cm³/mol. The summed E-state index contributed by atoms with van der Waals surface area (Å²) in [6, 6.07) is -1.92. The van der Waals surface area contributed by atoms with E-state index in [1.165, 1.54) is 11.9 Å². The minimum atomic E-state index is -1.05. The van der Waals surface area contributed by atoms with Crippen LogP contribution in [0.2, 0.25) is 0 Å². The average molecular weight is 285 g/mol. The lowest BCUT2D eigenvalue weighted by molar-refractivity contribution is -0.140. The summed E-state index contributed by atoms with van der Waals surface area (Å²) in [7, 11) is 1.52. The van der Waals surface area contributed by atoms with Gasteiger partial charge in [0.25, 0.3) is 0 Å². The number of urea groups is 1. The van der Waals surface area contributed by atoms with Crippen molar-refractivity contribution in [3.63, 3.8) is 0 Å². The number of rotatable bonds is 5. The Hall–Kier alpha value is -1.79. The Bertz CT molecular complexity index is 386. The Kier molecular flexibility index (Phi) is 5.79. The summed E-state index contributed by atoms with van der Waals surface area (Å²) in [5.74, 6) is -1.44. The summed E-state index contributed by atoms with van der Waals surface area (Å²) < 4.78 is 0. The SMILES string of the molecule is CC[C@H](C)[C@H](NC(=O)N1CCCC1C(=O)NC)C(=O)O. The van der Waals surface area contributed by atoms with Crippen molar-refractivity contribution in [2.75, 3.05) is 13.6 Å². The largest absolute Gasteiger partial charge is 0.480 e. The van der Waals surface area contributed by atoms with Gasteiger partial charge in [0.05, 0.1) is 0 Å². The summed E-state index contributed by atoms with van der Waals surface area (Å²) in [5, 5.41) is 14.2. The first-order valence-corrected chi connectivity index (χ1v) is 6.93. The second-order valence-electron chi connectivity index (χ2n) is 5.12. The number of carbonyl (C=O) groups excluding carboxylic acids is 2. The summed E-state index contributed by atoms with van der Waals surface area (Å²) in [5.41, 5.74) is 0. The molecule has 0 aliphatic carbocycles. The predicted octanol–water partition coefficient (Wildman–Crippen LogP) is 0.406. The van der Waals surface area contributed by atoms with E-state index in [-0.39, 0.29) is 11.8 Å². The lowest BCUT2D eigenvalue weighted by Gasteiger charge is -2.27. The van der Waals surface area contributed by atoms with E-state index in [4.69, 9.17) is 0 Å². The highest BCUT2D eigenvalue weighted by molar-refractivity contribution is 5.89. The molecule has 1 unspecified atom stereocenters. The quantitative estimate of drug-likeness (QED) is 0.681. The van der Waals surface area contributed by atoms with E-state index >= 15 is 0 Å². The van der Waals surface area contributed by atoms with Crippen LogP contribution in [-0.2, 0) is 9.59 Å². The first kappa shape index (κ1) is 16.3. The monoisotopic (exact) mass is 285 g/mol. The Morgan fingerprint density at radius 3 is 2.55 bits per heavy atom. The Morgan fingerprint density at radius 2 is 2.05 bits per heavy atom. The number of amides is 3. The van der Waals surface area contributed by atoms with Gasteiger partial charge < -0.3 is 20.6 Å². The van der Waals surface area contributed by atoms with Gasteiger partial charge in [-0.1, -0.05) is 20.3 Å². The van der Waals surface area contributed by atoms with Gasteiger partial charge in [0.2, 0.25) is 5.91 Å². The number of carboxylic acids is 1. The Labute approximate surface area is 118 Å². The topological polar surface area (TPSA) is 98.7 Å². The van der Waals surface area contributed by atoms with Crippen molar-refractivity contribution < 1.29 is 19.5 Å². The Morgan fingerprint density at radius 1 is 1.40 bits per heavy atom. The third kappa shape index (κ3) is 3.61. The number of likely N-dealkylation sites (tertiary alicyclic amines) is 1. The highest BCUT2D eigenvalue weighted by Crippen LogP contribution is 2.18. The maximum Gasteiger partial charge on any atom is 0.326 e. The van der Waals surface area contributed by atoms with Gasteiger partial charge in [0.1, 0.15) is 12.1 Å². The molecule has 0 aromatic heterocycles. The van der Waals surface area contributed by atoms with Gasteiger partial charge in [0.15, 0.2) is 0 Å². The zero-order chi connectivity index (χ0) is 15.3. The van der Waals surface area contributed by atoms with E-state index in [9.17, 15) is 19.5 Å². The van der Waals surface area contributed by atoms with Crippen LogP contribution in [0.25, 0.3) is 0 Å². The van der Waals surface area contributed by atoms with Gasteiger partial charge >= 0.3 is 12.0 Å². The third-order valence-corrected chi connectivity index (χ3v) is 3.82. The lowest BCUT2D eigenvalue weighted by atomic mass is 9.99. The average Bonchev–Trinajstić information content (AvgIpc) is 2.91. The smallest absolute Gasteiger partial charge is 0.326 e. The van der Waals surface area contributed by atoms with E-state index in [0.29, 0.717) is 19.4 Å². The van der Waals surface area contributed by atoms with Crippen LogP contribution >= 0.6 is 0 Å². The van der Waals surface area contributed by atoms with Crippen LogP contribution in [-0.4, -0.2) is 53.6 Å².